The van der Waals surface area contributed by atoms with E-state index in [1.54, 1.807) is 11.1 Å². The number of carbonyl (C=O) groups is 2. The average Bonchev–Trinajstić information content (AvgIpc) is 3.26. The fourth-order valence-electron chi connectivity index (χ4n) is 4.53. The van der Waals surface area contributed by atoms with Gasteiger partial charge in [-0.25, -0.2) is 15.0 Å². The van der Waals surface area contributed by atoms with Crippen LogP contribution in [0.3, 0.4) is 0 Å². The van der Waals surface area contributed by atoms with Gasteiger partial charge in [0.2, 0.25) is 5.91 Å². The van der Waals surface area contributed by atoms with Crippen LogP contribution in [-0.2, 0) is 11.2 Å². The van der Waals surface area contributed by atoms with Gasteiger partial charge in [0, 0.05) is 38.7 Å². The predicted octanol–water partition coefficient (Wildman–Crippen LogP) is 3.83. The van der Waals surface area contributed by atoms with Gasteiger partial charge in [-0.1, -0.05) is 12.1 Å². The fraction of sp³-hybridized carbons (Fsp3) is 0.480. The van der Waals surface area contributed by atoms with Gasteiger partial charge in [0.25, 0.3) is 5.91 Å². The Morgan fingerprint density at radius 3 is 2.67 bits per heavy atom. The lowest BCUT2D eigenvalue weighted by Gasteiger charge is -2.35. The summed E-state index contributed by atoms with van der Waals surface area (Å²) >= 11 is 0. The highest BCUT2D eigenvalue weighted by atomic mass is 16.2. The van der Waals surface area contributed by atoms with Gasteiger partial charge in [0.15, 0.2) is 5.82 Å². The van der Waals surface area contributed by atoms with Crippen molar-refractivity contribution in [3.63, 3.8) is 0 Å². The Morgan fingerprint density at radius 2 is 1.94 bits per heavy atom. The van der Waals surface area contributed by atoms with Gasteiger partial charge < -0.3 is 14.8 Å². The Kier molecular flexibility index (Phi) is 7.01. The van der Waals surface area contributed by atoms with Crippen molar-refractivity contribution in [2.45, 2.75) is 58.9 Å². The Hall–Kier alpha value is -3.29. The van der Waals surface area contributed by atoms with E-state index in [1.165, 1.54) is 0 Å². The molecule has 2 amide bonds. The third-order valence-corrected chi connectivity index (χ3v) is 6.41. The van der Waals surface area contributed by atoms with E-state index in [0.29, 0.717) is 49.6 Å². The maximum absolute atomic E-state index is 13.2. The normalized spacial score (nSPS) is 16.2. The summed E-state index contributed by atoms with van der Waals surface area (Å²) in [5.41, 5.74) is 3.09. The lowest BCUT2D eigenvalue weighted by Crippen LogP contribution is -2.39. The third kappa shape index (κ3) is 4.89. The van der Waals surface area contributed by atoms with Gasteiger partial charge in [-0.15, -0.1) is 0 Å². The van der Waals surface area contributed by atoms with Crippen LogP contribution in [0.25, 0.3) is 11.0 Å². The quantitative estimate of drug-likeness (QED) is 0.593. The maximum atomic E-state index is 13.2. The Bertz CT molecular complexity index is 1100. The molecule has 0 bridgehead atoms. The first-order valence-electron chi connectivity index (χ1n) is 11.9. The summed E-state index contributed by atoms with van der Waals surface area (Å²) in [7, 11) is 0. The molecule has 1 fully saturated rings. The number of imidazole rings is 1. The second-order valence-corrected chi connectivity index (χ2v) is 8.50. The minimum absolute atomic E-state index is 0.0496. The number of nitrogens with one attached hydrogen (secondary N) is 1. The molecule has 0 spiro atoms. The van der Waals surface area contributed by atoms with Crippen molar-refractivity contribution in [1.82, 2.24) is 29.7 Å². The smallest absolute Gasteiger partial charge is 0.257 e. The molecule has 8 heteroatoms. The van der Waals surface area contributed by atoms with Crippen molar-refractivity contribution >= 4 is 22.8 Å². The molecule has 1 aliphatic heterocycles. The van der Waals surface area contributed by atoms with Crippen molar-refractivity contribution in [2.24, 2.45) is 0 Å². The van der Waals surface area contributed by atoms with Gasteiger partial charge >= 0.3 is 0 Å². The molecule has 1 atom stereocenters. The lowest BCUT2D eigenvalue weighted by molar-refractivity contribution is -0.135. The molecule has 1 aromatic carbocycles. The number of hydrogen-bond donors (Lipinski definition) is 1. The Labute approximate surface area is 194 Å². The van der Waals surface area contributed by atoms with Crippen LogP contribution in [-0.4, -0.2) is 61.2 Å². The second kappa shape index (κ2) is 10.1. The topological polar surface area (TPSA) is 95.1 Å². The molecule has 2 aromatic heterocycles. The first-order chi connectivity index (χ1) is 16.0. The monoisotopic (exact) mass is 448 g/mol. The standard InChI is InChI=1S/C25H32N6O2/c1-4-30(5-2)25(33)18-16-26-24(27-17(18)3)21-12-8-9-15-31(21)23(32)14-13-22-28-19-10-6-7-11-20(19)29-22/h6-7,10-11,16,21H,4-5,8-9,12-15H2,1-3H3,(H,28,29)/t21-/m0/s1. The van der Waals surface area contributed by atoms with Crippen LogP contribution in [0.1, 0.15) is 73.3 Å². The third-order valence-electron chi connectivity index (χ3n) is 6.41. The van der Waals surface area contributed by atoms with Crippen LogP contribution in [0.15, 0.2) is 30.5 Å². The second-order valence-electron chi connectivity index (χ2n) is 8.50. The molecule has 1 saturated heterocycles. The Morgan fingerprint density at radius 1 is 1.15 bits per heavy atom. The van der Waals surface area contributed by atoms with Gasteiger partial charge in [-0.05, 0) is 52.2 Å². The number of aromatic amines is 1. The molecule has 3 aromatic rings. The number of para-hydroxylation sites is 2. The molecule has 4 rings (SSSR count). The molecule has 3 heterocycles. The highest BCUT2D eigenvalue weighted by Gasteiger charge is 2.30. The number of aryl methyl sites for hydroxylation is 2. The van der Waals surface area contributed by atoms with Gasteiger partial charge in [0.05, 0.1) is 28.3 Å². The van der Waals surface area contributed by atoms with Gasteiger partial charge in [-0.3, -0.25) is 9.59 Å². The summed E-state index contributed by atoms with van der Waals surface area (Å²) < 4.78 is 0. The summed E-state index contributed by atoms with van der Waals surface area (Å²) in [5, 5.41) is 0. The van der Waals surface area contributed by atoms with Crippen LogP contribution in [0.5, 0.6) is 0 Å². The zero-order chi connectivity index (χ0) is 23.4. The van der Waals surface area contributed by atoms with Crippen LogP contribution < -0.4 is 0 Å². The van der Waals surface area contributed by atoms with E-state index in [1.807, 2.05) is 49.9 Å². The summed E-state index contributed by atoms with van der Waals surface area (Å²) in [4.78, 5) is 46.7. The van der Waals surface area contributed by atoms with E-state index in [9.17, 15) is 9.59 Å². The number of aromatic nitrogens is 4. The molecule has 0 unspecified atom stereocenters. The van der Waals surface area contributed by atoms with E-state index in [2.05, 4.69) is 19.9 Å². The van der Waals surface area contributed by atoms with Crippen molar-refractivity contribution in [1.29, 1.82) is 0 Å². The first kappa shape index (κ1) is 22.9. The highest BCUT2D eigenvalue weighted by molar-refractivity contribution is 5.94. The number of carbonyl (C=O) groups excluding carboxylic acids is 2. The van der Waals surface area contributed by atoms with Crippen molar-refractivity contribution in [2.75, 3.05) is 19.6 Å². The molecule has 1 N–H and O–H groups in total. The fourth-order valence-corrected chi connectivity index (χ4v) is 4.53. The molecule has 8 nitrogen and oxygen atoms in total. The van der Waals surface area contributed by atoms with Gasteiger partial charge in [0.1, 0.15) is 5.82 Å². The van der Waals surface area contributed by atoms with Crippen molar-refractivity contribution in [3.8, 4) is 0 Å². The average molecular weight is 449 g/mol. The zero-order valence-electron chi connectivity index (χ0n) is 19.7. The zero-order valence-corrected chi connectivity index (χ0v) is 19.7. The summed E-state index contributed by atoms with van der Waals surface area (Å²) in [6.45, 7) is 7.76. The Balaban J connectivity index is 1.47. The summed E-state index contributed by atoms with van der Waals surface area (Å²) in [6, 6.07) is 7.73. The maximum Gasteiger partial charge on any atom is 0.257 e. The molecule has 0 saturated carbocycles. The van der Waals surface area contributed by atoms with Crippen molar-refractivity contribution < 1.29 is 9.59 Å². The van der Waals surface area contributed by atoms with Crippen molar-refractivity contribution in [3.05, 3.63) is 53.4 Å². The number of likely N-dealkylation sites (tertiary alicyclic amines) is 1. The minimum Gasteiger partial charge on any atom is -0.342 e. The molecule has 1 aliphatic rings. The van der Waals surface area contributed by atoms with Crippen LogP contribution in [0.4, 0.5) is 0 Å². The number of hydrogen-bond acceptors (Lipinski definition) is 5. The van der Waals surface area contributed by atoms with Crippen LogP contribution in [0, 0.1) is 6.92 Å². The number of H-pyrrole nitrogens is 1. The number of rotatable bonds is 7. The number of fused-ring (bicyclic) bond motifs is 1. The van der Waals surface area contributed by atoms with E-state index in [-0.39, 0.29) is 17.9 Å². The van der Waals surface area contributed by atoms with E-state index in [4.69, 9.17) is 0 Å². The predicted molar refractivity (Wildman–Crippen MR) is 127 cm³/mol. The molecule has 33 heavy (non-hydrogen) atoms. The summed E-state index contributed by atoms with van der Waals surface area (Å²) in [5.74, 6) is 1.49. The largest absolute Gasteiger partial charge is 0.342 e. The molecule has 0 radical (unpaired) electrons. The SMILES string of the molecule is CCN(CC)C(=O)c1cnc([C@@H]2CCCCN2C(=O)CCc2nc3ccccc3[nH]2)nc1C. The van der Waals surface area contributed by atoms with Gasteiger partial charge in [-0.2, -0.15) is 0 Å². The minimum atomic E-state index is -0.154. The van der Waals surface area contributed by atoms with E-state index in [0.717, 1.165) is 36.1 Å². The molecule has 0 aliphatic carbocycles. The number of benzene rings is 1. The molecular formula is C25H32N6O2. The van der Waals surface area contributed by atoms with E-state index >= 15 is 0 Å². The molecular weight excluding hydrogens is 416 g/mol. The highest BCUT2D eigenvalue weighted by Crippen LogP contribution is 2.30. The number of piperidine rings is 1. The van der Waals surface area contributed by atoms with Crippen LogP contribution in [0.2, 0.25) is 0 Å². The molecule has 174 valence electrons. The van der Waals surface area contributed by atoms with Crippen LogP contribution >= 0.6 is 0 Å². The lowest BCUT2D eigenvalue weighted by atomic mass is 10.00. The van der Waals surface area contributed by atoms with E-state index < -0.39 is 0 Å². The summed E-state index contributed by atoms with van der Waals surface area (Å²) in [6.07, 6.45) is 5.41. The first-order valence-corrected chi connectivity index (χ1v) is 11.9. The number of amides is 2. The number of nitrogens with zero attached hydrogens (tertiary/aromatic N) is 5.